The number of rotatable bonds is 7. The summed E-state index contributed by atoms with van der Waals surface area (Å²) in [5.41, 5.74) is 1.62. The fourth-order valence-corrected chi connectivity index (χ4v) is 1.67. The van der Waals surface area contributed by atoms with E-state index in [4.69, 9.17) is 9.84 Å². The summed E-state index contributed by atoms with van der Waals surface area (Å²) in [5.74, 6) is -2.27. The van der Waals surface area contributed by atoms with Gasteiger partial charge in [0.1, 0.15) is 6.61 Å². The fourth-order valence-electron chi connectivity index (χ4n) is 1.67. The van der Waals surface area contributed by atoms with Crippen LogP contribution in [0.5, 0.6) is 0 Å². The number of ether oxygens (including phenoxy) is 1. The van der Waals surface area contributed by atoms with Gasteiger partial charge in [0.05, 0.1) is 12.3 Å². The van der Waals surface area contributed by atoms with Crippen molar-refractivity contribution in [3.63, 3.8) is 0 Å². The van der Waals surface area contributed by atoms with Crippen molar-refractivity contribution < 1.29 is 19.4 Å². The number of hydrogen-bond donors (Lipinski definition) is 1. The molecule has 0 aliphatic rings. The van der Waals surface area contributed by atoms with Crippen LogP contribution in [0.3, 0.4) is 0 Å². The van der Waals surface area contributed by atoms with Crippen molar-refractivity contribution in [3.8, 4) is 0 Å². The first-order valence-corrected chi connectivity index (χ1v) is 6.05. The van der Waals surface area contributed by atoms with Gasteiger partial charge in [-0.3, -0.25) is 9.59 Å². The lowest BCUT2D eigenvalue weighted by molar-refractivity contribution is -0.152. The molecule has 0 aliphatic heterocycles. The number of allylic oxidation sites excluding steroid dienone is 1. The quantitative estimate of drug-likeness (QED) is 0.606. The Labute approximate surface area is 112 Å². The second-order valence-corrected chi connectivity index (χ2v) is 4.55. The monoisotopic (exact) mass is 262 g/mol. The van der Waals surface area contributed by atoms with Gasteiger partial charge in [0.25, 0.3) is 0 Å². The summed E-state index contributed by atoms with van der Waals surface area (Å²) in [4.78, 5) is 22.6. The summed E-state index contributed by atoms with van der Waals surface area (Å²) in [6.45, 7) is 5.57. The molecule has 1 N–H and O–H groups in total. The zero-order valence-corrected chi connectivity index (χ0v) is 11.0. The standard InChI is InChI=1S/C15H18O4/c1-11(2)8-13(15(17)18)9-14(16)19-10-12-6-4-3-5-7-12/h3-7,13H,1,8-10H2,2H3,(H,17,18)/t13-/m0/s1. The molecule has 4 nitrogen and oxygen atoms in total. The zero-order valence-electron chi connectivity index (χ0n) is 11.0. The fraction of sp³-hybridized carbons (Fsp3) is 0.333. The van der Waals surface area contributed by atoms with Crippen LogP contribution >= 0.6 is 0 Å². The highest BCUT2D eigenvalue weighted by Crippen LogP contribution is 2.15. The molecular formula is C15H18O4. The van der Waals surface area contributed by atoms with Crippen LogP contribution in [0.1, 0.15) is 25.3 Å². The molecule has 0 radical (unpaired) electrons. The van der Waals surface area contributed by atoms with Gasteiger partial charge < -0.3 is 9.84 Å². The van der Waals surface area contributed by atoms with E-state index in [1.165, 1.54) is 0 Å². The van der Waals surface area contributed by atoms with Crippen LogP contribution in [-0.4, -0.2) is 17.0 Å². The highest BCUT2D eigenvalue weighted by atomic mass is 16.5. The molecular weight excluding hydrogens is 244 g/mol. The SMILES string of the molecule is C=C(C)C[C@@H](CC(=O)OCc1ccccc1)C(=O)O. The van der Waals surface area contributed by atoms with Crippen LogP contribution in [0.4, 0.5) is 0 Å². The molecule has 0 aromatic heterocycles. The van der Waals surface area contributed by atoms with Gasteiger partial charge in [0.15, 0.2) is 0 Å². The summed E-state index contributed by atoms with van der Waals surface area (Å²) < 4.78 is 5.06. The van der Waals surface area contributed by atoms with Crippen molar-refractivity contribution in [2.75, 3.05) is 0 Å². The topological polar surface area (TPSA) is 63.6 Å². The van der Waals surface area contributed by atoms with E-state index < -0.39 is 17.9 Å². The number of hydrogen-bond acceptors (Lipinski definition) is 3. The molecule has 4 heteroatoms. The Morgan fingerprint density at radius 1 is 1.26 bits per heavy atom. The van der Waals surface area contributed by atoms with Gasteiger partial charge in [-0.05, 0) is 18.9 Å². The molecule has 102 valence electrons. The highest BCUT2D eigenvalue weighted by molar-refractivity contribution is 5.79. The average molecular weight is 262 g/mol. The third-order valence-electron chi connectivity index (χ3n) is 2.60. The predicted octanol–water partition coefficient (Wildman–Crippen LogP) is 2.79. The Bertz CT molecular complexity index is 450. The second kappa shape index (κ2) is 7.36. The number of aliphatic carboxylic acids is 1. The lowest BCUT2D eigenvalue weighted by Gasteiger charge is -2.11. The molecule has 1 aromatic rings. The molecule has 1 rings (SSSR count). The van der Waals surface area contributed by atoms with Crippen LogP contribution in [0.2, 0.25) is 0 Å². The molecule has 0 spiro atoms. The first-order chi connectivity index (χ1) is 8.99. The number of carboxylic acids is 1. The Kier molecular flexibility index (Phi) is 5.79. The van der Waals surface area contributed by atoms with Gasteiger partial charge in [0, 0.05) is 0 Å². The van der Waals surface area contributed by atoms with Gasteiger partial charge >= 0.3 is 11.9 Å². The normalized spacial score (nSPS) is 11.6. The van der Waals surface area contributed by atoms with E-state index in [0.29, 0.717) is 0 Å². The number of esters is 1. The Balaban J connectivity index is 2.45. The Hall–Kier alpha value is -2.10. The average Bonchev–Trinajstić information content (AvgIpc) is 2.36. The number of benzene rings is 1. The van der Waals surface area contributed by atoms with E-state index in [-0.39, 0.29) is 19.4 Å². The molecule has 0 saturated carbocycles. The number of carboxylic acid groups (broad SMARTS) is 1. The summed E-state index contributed by atoms with van der Waals surface area (Å²) in [6.07, 6.45) is 0.158. The van der Waals surface area contributed by atoms with Crippen molar-refractivity contribution >= 4 is 11.9 Å². The lowest BCUT2D eigenvalue weighted by atomic mass is 9.98. The molecule has 0 unspecified atom stereocenters. The number of carbonyl (C=O) groups excluding carboxylic acids is 1. The molecule has 0 fully saturated rings. The van der Waals surface area contributed by atoms with E-state index in [0.717, 1.165) is 11.1 Å². The van der Waals surface area contributed by atoms with E-state index >= 15 is 0 Å². The van der Waals surface area contributed by atoms with Crippen molar-refractivity contribution in [2.45, 2.75) is 26.4 Å². The van der Waals surface area contributed by atoms with E-state index in [9.17, 15) is 9.59 Å². The molecule has 0 saturated heterocycles. The lowest BCUT2D eigenvalue weighted by Crippen LogP contribution is -2.19. The molecule has 0 aliphatic carbocycles. The van der Waals surface area contributed by atoms with Crippen LogP contribution in [0.15, 0.2) is 42.5 Å². The van der Waals surface area contributed by atoms with Crippen LogP contribution in [0.25, 0.3) is 0 Å². The maximum absolute atomic E-state index is 11.6. The molecule has 0 bridgehead atoms. The van der Waals surface area contributed by atoms with Gasteiger partial charge in [0.2, 0.25) is 0 Å². The van der Waals surface area contributed by atoms with E-state index in [1.54, 1.807) is 6.92 Å². The van der Waals surface area contributed by atoms with Crippen molar-refractivity contribution in [2.24, 2.45) is 5.92 Å². The molecule has 0 heterocycles. The minimum absolute atomic E-state index is 0.130. The summed E-state index contributed by atoms with van der Waals surface area (Å²) in [5, 5.41) is 9.01. The van der Waals surface area contributed by atoms with Crippen molar-refractivity contribution in [1.82, 2.24) is 0 Å². The maximum atomic E-state index is 11.6. The van der Waals surface area contributed by atoms with Gasteiger partial charge in [-0.15, -0.1) is 6.58 Å². The Morgan fingerprint density at radius 3 is 2.42 bits per heavy atom. The summed E-state index contributed by atoms with van der Waals surface area (Å²) in [7, 11) is 0. The minimum Gasteiger partial charge on any atom is -0.481 e. The second-order valence-electron chi connectivity index (χ2n) is 4.55. The molecule has 0 amide bonds. The first-order valence-electron chi connectivity index (χ1n) is 6.05. The van der Waals surface area contributed by atoms with Crippen LogP contribution in [-0.2, 0) is 20.9 Å². The molecule has 19 heavy (non-hydrogen) atoms. The maximum Gasteiger partial charge on any atom is 0.307 e. The number of carbonyl (C=O) groups is 2. The van der Waals surface area contributed by atoms with E-state index in [1.807, 2.05) is 30.3 Å². The third-order valence-corrected chi connectivity index (χ3v) is 2.60. The minimum atomic E-state index is -1.00. The summed E-state index contributed by atoms with van der Waals surface area (Å²) in [6, 6.07) is 9.26. The van der Waals surface area contributed by atoms with Gasteiger partial charge in [-0.25, -0.2) is 0 Å². The van der Waals surface area contributed by atoms with Gasteiger partial charge in [-0.2, -0.15) is 0 Å². The highest BCUT2D eigenvalue weighted by Gasteiger charge is 2.22. The summed E-state index contributed by atoms with van der Waals surface area (Å²) >= 11 is 0. The smallest absolute Gasteiger partial charge is 0.307 e. The van der Waals surface area contributed by atoms with Gasteiger partial charge in [-0.1, -0.05) is 35.9 Å². The van der Waals surface area contributed by atoms with Crippen LogP contribution in [0, 0.1) is 5.92 Å². The molecule has 1 atom stereocenters. The van der Waals surface area contributed by atoms with Crippen LogP contribution < -0.4 is 0 Å². The zero-order chi connectivity index (χ0) is 14.3. The first kappa shape index (κ1) is 15.0. The van der Waals surface area contributed by atoms with E-state index in [2.05, 4.69) is 6.58 Å². The largest absolute Gasteiger partial charge is 0.481 e. The Morgan fingerprint density at radius 2 is 1.89 bits per heavy atom. The predicted molar refractivity (Wildman–Crippen MR) is 71.4 cm³/mol. The van der Waals surface area contributed by atoms with Crippen molar-refractivity contribution in [1.29, 1.82) is 0 Å². The van der Waals surface area contributed by atoms with Crippen molar-refractivity contribution in [3.05, 3.63) is 48.0 Å². The third kappa shape index (κ3) is 5.86. The molecule has 1 aromatic carbocycles.